The molecule has 2 unspecified atom stereocenters. The first-order chi connectivity index (χ1) is 8.38. The Hall–Kier alpha value is -1.41. The van der Waals surface area contributed by atoms with Crippen molar-refractivity contribution in [3.63, 3.8) is 0 Å². The number of halogens is 3. The zero-order valence-corrected chi connectivity index (χ0v) is 11.5. The van der Waals surface area contributed by atoms with E-state index in [9.17, 15) is 22.5 Å². The van der Waals surface area contributed by atoms with E-state index in [0.29, 0.717) is 0 Å². The van der Waals surface area contributed by atoms with Crippen molar-refractivity contribution in [3.8, 4) is 0 Å². The first kappa shape index (κ1) is 17.6. The fourth-order valence-corrected chi connectivity index (χ4v) is 1.18. The molecule has 112 valence electrons. The number of alkyl carbamates (subject to hydrolysis) is 1. The Labute approximate surface area is 109 Å². The van der Waals surface area contributed by atoms with Crippen LogP contribution in [0.3, 0.4) is 0 Å². The molecule has 9 heteroatoms. The molecule has 0 fully saturated rings. The molecule has 0 bridgehead atoms. The summed E-state index contributed by atoms with van der Waals surface area (Å²) in [5.41, 5.74) is -0.878. The summed E-state index contributed by atoms with van der Waals surface area (Å²) in [6, 6.07) is -1.82. The molecule has 1 amide bonds. The van der Waals surface area contributed by atoms with Gasteiger partial charge >= 0.3 is 19.0 Å². The van der Waals surface area contributed by atoms with E-state index in [1.165, 1.54) is 0 Å². The van der Waals surface area contributed by atoms with Crippen LogP contribution in [0.1, 0.15) is 27.7 Å². The number of amides is 1. The van der Waals surface area contributed by atoms with Gasteiger partial charge in [-0.25, -0.2) is 9.59 Å². The Morgan fingerprint density at radius 1 is 1.21 bits per heavy atom. The number of esters is 1. The van der Waals surface area contributed by atoms with Crippen molar-refractivity contribution < 1.29 is 32.0 Å². The second-order valence-corrected chi connectivity index (χ2v) is 5.13. The van der Waals surface area contributed by atoms with Gasteiger partial charge in [-0.3, -0.25) is 0 Å². The van der Waals surface area contributed by atoms with Gasteiger partial charge in [-0.05, 0) is 26.6 Å². The molecule has 0 aromatic rings. The first-order valence-corrected chi connectivity index (χ1v) is 5.65. The number of ether oxygens (including phenoxy) is 2. The van der Waals surface area contributed by atoms with Crippen molar-refractivity contribution >= 4 is 19.0 Å². The molecule has 0 saturated heterocycles. The van der Waals surface area contributed by atoms with Crippen LogP contribution in [0, 0.1) is 0 Å². The Kier molecular flexibility index (Phi) is 5.71. The van der Waals surface area contributed by atoms with Gasteiger partial charge in [0.2, 0.25) is 0 Å². The number of carbonyl (C=O) groups excluding carboxylic acids is 2. The number of hydrogen-bond acceptors (Lipinski definition) is 4. The molecule has 0 rings (SSSR count). The Morgan fingerprint density at radius 3 is 2.00 bits per heavy atom. The molecule has 0 aliphatic heterocycles. The van der Waals surface area contributed by atoms with Crippen LogP contribution < -0.4 is 5.32 Å². The van der Waals surface area contributed by atoms with Crippen molar-refractivity contribution in [2.24, 2.45) is 0 Å². The monoisotopic (exact) mass is 284 g/mol. The minimum absolute atomic E-state index is 0.805. The molecule has 19 heavy (non-hydrogen) atoms. The molecule has 0 saturated carbocycles. The third kappa shape index (κ3) is 6.35. The Morgan fingerprint density at radius 2 is 1.68 bits per heavy atom. The lowest BCUT2D eigenvalue weighted by Crippen LogP contribution is -2.50. The molecule has 5 nitrogen and oxygen atoms in total. The second kappa shape index (κ2) is 6.16. The highest BCUT2D eigenvalue weighted by atomic mass is 19.4. The van der Waals surface area contributed by atoms with Gasteiger partial charge in [0.15, 0.2) is 0 Å². The maximum atomic E-state index is 12.6. The highest BCUT2D eigenvalue weighted by molar-refractivity contribution is 6.60. The van der Waals surface area contributed by atoms with Gasteiger partial charge in [0, 0.05) is 0 Å². The lowest BCUT2D eigenvalue weighted by Gasteiger charge is -2.30. The van der Waals surface area contributed by atoms with Gasteiger partial charge < -0.3 is 27.7 Å². The largest absolute Gasteiger partial charge is 0.483 e. The molecule has 0 aromatic carbocycles. The average Bonchev–Trinajstić information content (AvgIpc) is 2.20. The van der Waals surface area contributed by atoms with Gasteiger partial charge in [0.05, 0.1) is 7.11 Å². The number of hydrogen-bond donors (Lipinski definition) is 1. The van der Waals surface area contributed by atoms with E-state index in [1.807, 2.05) is 5.32 Å². The third-order valence-corrected chi connectivity index (χ3v) is 2.25. The average molecular weight is 284 g/mol. The molecule has 0 heterocycles. The maximum Gasteiger partial charge on any atom is 0.483 e. The minimum Gasteiger partial charge on any atom is -0.468 e. The van der Waals surface area contributed by atoms with E-state index in [0.717, 1.165) is 14.0 Å². The van der Waals surface area contributed by atoms with Gasteiger partial charge in [-0.2, -0.15) is 0 Å². The van der Waals surface area contributed by atoms with Crippen LogP contribution in [-0.2, 0) is 14.3 Å². The molecule has 0 aromatic heterocycles. The van der Waals surface area contributed by atoms with Crippen LogP contribution in [0.15, 0.2) is 0 Å². The normalized spacial score (nSPS) is 15.4. The second-order valence-electron chi connectivity index (χ2n) is 5.13. The SMILES string of the molecule is COC(=O)C(NC(=O)OC(C)(C)C)C(C)[B-](F)(F)F. The molecule has 0 aliphatic rings. The third-order valence-electron chi connectivity index (χ3n) is 2.25. The quantitative estimate of drug-likeness (QED) is 0.635. The number of carbonyl (C=O) groups is 2. The molecular formula is C10H18BF3NO4-. The zero-order chi connectivity index (χ0) is 15.4. The Bertz CT molecular complexity index is 341. The van der Waals surface area contributed by atoms with E-state index >= 15 is 0 Å². The van der Waals surface area contributed by atoms with Crippen molar-refractivity contribution in [3.05, 3.63) is 0 Å². The Balaban J connectivity index is 4.90. The summed E-state index contributed by atoms with van der Waals surface area (Å²) in [5, 5.41) is 1.89. The van der Waals surface area contributed by atoms with Crippen molar-refractivity contribution in [1.82, 2.24) is 5.32 Å². The molecule has 0 radical (unpaired) electrons. The lowest BCUT2D eigenvalue weighted by atomic mass is 9.69. The number of rotatable bonds is 4. The van der Waals surface area contributed by atoms with Gasteiger partial charge in [0.1, 0.15) is 11.6 Å². The molecule has 1 N–H and O–H groups in total. The number of nitrogens with one attached hydrogen (secondary N) is 1. The minimum atomic E-state index is -5.30. The summed E-state index contributed by atoms with van der Waals surface area (Å²) < 4.78 is 47.0. The highest BCUT2D eigenvalue weighted by Gasteiger charge is 2.41. The van der Waals surface area contributed by atoms with Crippen LogP contribution >= 0.6 is 0 Å². The first-order valence-electron chi connectivity index (χ1n) is 5.65. The molecule has 0 spiro atoms. The van der Waals surface area contributed by atoms with E-state index in [-0.39, 0.29) is 0 Å². The van der Waals surface area contributed by atoms with E-state index in [2.05, 4.69) is 4.74 Å². The van der Waals surface area contributed by atoms with Gasteiger partial charge in [0.25, 0.3) is 0 Å². The summed E-state index contributed by atoms with van der Waals surface area (Å²) in [4.78, 5) is 22.7. The highest BCUT2D eigenvalue weighted by Crippen LogP contribution is 2.29. The smallest absolute Gasteiger partial charge is 0.468 e. The van der Waals surface area contributed by atoms with Crippen molar-refractivity contribution in [1.29, 1.82) is 0 Å². The topological polar surface area (TPSA) is 64.6 Å². The van der Waals surface area contributed by atoms with Crippen LogP contribution in [0.5, 0.6) is 0 Å². The lowest BCUT2D eigenvalue weighted by molar-refractivity contribution is -0.143. The van der Waals surface area contributed by atoms with E-state index in [4.69, 9.17) is 4.74 Å². The maximum absolute atomic E-state index is 12.6. The van der Waals surface area contributed by atoms with Crippen LogP contribution in [0.4, 0.5) is 17.7 Å². The molecule has 2 atom stereocenters. The van der Waals surface area contributed by atoms with Crippen LogP contribution in [-0.4, -0.2) is 37.8 Å². The summed E-state index contributed by atoms with van der Waals surface area (Å²) in [5.74, 6) is -3.20. The summed E-state index contributed by atoms with van der Waals surface area (Å²) in [6.45, 7) is 0.162. The summed E-state index contributed by atoms with van der Waals surface area (Å²) in [6.07, 6.45) is -1.10. The van der Waals surface area contributed by atoms with Gasteiger partial charge in [-0.15, -0.1) is 0 Å². The van der Waals surface area contributed by atoms with Crippen LogP contribution in [0.25, 0.3) is 0 Å². The fraction of sp³-hybridized carbons (Fsp3) is 0.800. The van der Waals surface area contributed by atoms with Gasteiger partial charge in [-0.1, -0.05) is 6.92 Å². The predicted molar refractivity (Wildman–Crippen MR) is 63.7 cm³/mol. The molecule has 0 aliphatic carbocycles. The fourth-order valence-electron chi connectivity index (χ4n) is 1.18. The number of methoxy groups -OCH3 is 1. The predicted octanol–water partition coefficient (Wildman–Crippen LogP) is 2.29. The summed E-state index contributed by atoms with van der Waals surface area (Å²) in [7, 11) is 0.947. The van der Waals surface area contributed by atoms with Crippen LogP contribution in [0.2, 0.25) is 5.82 Å². The van der Waals surface area contributed by atoms with Crippen molar-refractivity contribution in [2.75, 3.05) is 7.11 Å². The van der Waals surface area contributed by atoms with Crippen molar-refractivity contribution in [2.45, 2.75) is 45.2 Å². The summed E-state index contributed by atoms with van der Waals surface area (Å²) >= 11 is 0. The molecular weight excluding hydrogens is 266 g/mol. The van der Waals surface area contributed by atoms with E-state index in [1.54, 1.807) is 20.8 Å². The van der Waals surface area contributed by atoms with E-state index < -0.39 is 36.5 Å². The zero-order valence-electron chi connectivity index (χ0n) is 11.5. The standard InChI is InChI=1S/C10H18BF3NO4/c1-6(11(12,13)14)7(8(16)18-5)15-9(17)19-10(2,3)4/h6-7H,1-5H3,(H,15,17)/q-1.